The van der Waals surface area contributed by atoms with Crippen molar-refractivity contribution >= 4 is 5.91 Å². The van der Waals surface area contributed by atoms with Gasteiger partial charge in [-0.1, -0.05) is 0 Å². The van der Waals surface area contributed by atoms with E-state index < -0.39 is 6.04 Å². The zero-order valence-corrected chi connectivity index (χ0v) is 9.22. The first-order valence-electron chi connectivity index (χ1n) is 5.66. The number of rotatable bonds is 3. The van der Waals surface area contributed by atoms with Crippen molar-refractivity contribution in [2.24, 2.45) is 5.73 Å². The van der Waals surface area contributed by atoms with Crippen molar-refractivity contribution in [1.29, 1.82) is 0 Å². The lowest BCUT2D eigenvalue weighted by atomic mass is 10.1. The summed E-state index contributed by atoms with van der Waals surface area (Å²) in [4.78, 5) is 13.8. The molecule has 16 heavy (non-hydrogen) atoms. The molecule has 1 aromatic heterocycles. The van der Waals surface area contributed by atoms with E-state index in [1.54, 1.807) is 6.20 Å². The van der Waals surface area contributed by atoms with Crippen LogP contribution in [0.5, 0.6) is 0 Å². The summed E-state index contributed by atoms with van der Waals surface area (Å²) in [6, 6.07) is -0.497. The van der Waals surface area contributed by atoms with Crippen molar-refractivity contribution in [3.8, 4) is 0 Å². The van der Waals surface area contributed by atoms with Crippen LogP contribution in [-0.4, -0.2) is 45.3 Å². The highest BCUT2D eigenvalue weighted by Gasteiger charge is 2.23. The summed E-state index contributed by atoms with van der Waals surface area (Å²) >= 11 is 0. The smallest absolute Gasteiger partial charge is 0.239 e. The maximum absolute atomic E-state index is 12.0. The summed E-state index contributed by atoms with van der Waals surface area (Å²) in [6.07, 6.45) is 5.43. The standard InChI is InChI=1S/C10H17N5O/c11-9(6-8-7-12-14-13-8)10(16)15-4-2-1-3-5-15/h7,9H,1-6,11H2,(H,12,13,14). The lowest BCUT2D eigenvalue weighted by molar-refractivity contribution is -0.133. The second kappa shape index (κ2) is 5.07. The first kappa shape index (κ1) is 11.1. The van der Waals surface area contributed by atoms with Crippen LogP contribution in [-0.2, 0) is 11.2 Å². The lowest BCUT2D eigenvalue weighted by Gasteiger charge is -2.28. The van der Waals surface area contributed by atoms with Gasteiger partial charge in [-0.15, -0.1) is 0 Å². The highest BCUT2D eigenvalue weighted by atomic mass is 16.2. The molecule has 2 rings (SSSR count). The molecule has 6 heteroatoms. The SMILES string of the molecule is NC(Cc1cn[nH]n1)C(=O)N1CCCCC1. The van der Waals surface area contributed by atoms with Crippen LogP contribution in [0.1, 0.15) is 25.0 Å². The van der Waals surface area contributed by atoms with Gasteiger partial charge < -0.3 is 10.6 Å². The van der Waals surface area contributed by atoms with Crippen LogP contribution in [0.15, 0.2) is 6.20 Å². The van der Waals surface area contributed by atoms with Gasteiger partial charge in [-0.25, -0.2) is 0 Å². The van der Waals surface area contributed by atoms with Gasteiger partial charge in [-0.3, -0.25) is 4.79 Å². The van der Waals surface area contributed by atoms with Gasteiger partial charge in [0.05, 0.1) is 17.9 Å². The van der Waals surface area contributed by atoms with Crippen molar-refractivity contribution < 1.29 is 4.79 Å². The number of aromatic amines is 1. The topological polar surface area (TPSA) is 87.9 Å². The molecular formula is C10H17N5O. The van der Waals surface area contributed by atoms with E-state index >= 15 is 0 Å². The third-order valence-corrected chi connectivity index (χ3v) is 2.88. The van der Waals surface area contributed by atoms with Gasteiger partial charge in [0.25, 0.3) is 0 Å². The van der Waals surface area contributed by atoms with Crippen LogP contribution in [0.4, 0.5) is 0 Å². The Morgan fingerprint density at radius 1 is 1.50 bits per heavy atom. The number of carbonyl (C=O) groups is 1. The van der Waals surface area contributed by atoms with Crippen molar-refractivity contribution in [3.63, 3.8) is 0 Å². The van der Waals surface area contributed by atoms with Gasteiger partial charge in [-0.2, -0.15) is 15.4 Å². The van der Waals surface area contributed by atoms with Crippen molar-refractivity contribution in [3.05, 3.63) is 11.9 Å². The minimum atomic E-state index is -0.497. The average Bonchev–Trinajstić information content (AvgIpc) is 2.82. The Hall–Kier alpha value is -1.43. The fraction of sp³-hybridized carbons (Fsp3) is 0.700. The Bertz CT molecular complexity index is 331. The fourth-order valence-electron chi connectivity index (χ4n) is 1.99. The summed E-state index contributed by atoms with van der Waals surface area (Å²) < 4.78 is 0. The average molecular weight is 223 g/mol. The van der Waals surface area contributed by atoms with Crippen molar-refractivity contribution in [2.75, 3.05) is 13.1 Å². The van der Waals surface area contributed by atoms with Crippen LogP contribution in [0.25, 0.3) is 0 Å². The van der Waals surface area contributed by atoms with E-state index in [0.29, 0.717) is 6.42 Å². The molecule has 0 aliphatic carbocycles. The van der Waals surface area contributed by atoms with E-state index in [2.05, 4.69) is 15.4 Å². The molecule has 1 aliphatic rings. The number of hydrogen-bond acceptors (Lipinski definition) is 4. The normalized spacial score (nSPS) is 18.4. The van der Waals surface area contributed by atoms with E-state index in [1.807, 2.05) is 4.90 Å². The maximum atomic E-state index is 12.0. The number of carbonyl (C=O) groups excluding carboxylic acids is 1. The molecule has 2 heterocycles. The number of nitrogens with one attached hydrogen (secondary N) is 1. The first-order chi connectivity index (χ1) is 7.77. The second-order valence-corrected chi connectivity index (χ2v) is 4.16. The zero-order chi connectivity index (χ0) is 11.4. The molecule has 88 valence electrons. The summed E-state index contributed by atoms with van der Waals surface area (Å²) in [5, 5.41) is 10.1. The molecule has 1 fully saturated rings. The van der Waals surface area contributed by atoms with Gasteiger partial charge in [0.15, 0.2) is 0 Å². The molecular weight excluding hydrogens is 206 g/mol. The minimum absolute atomic E-state index is 0.0303. The van der Waals surface area contributed by atoms with E-state index in [-0.39, 0.29) is 5.91 Å². The summed E-state index contributed by atoms with van der Waals surface area (Å²) in [7, 11) is 0. The molecule has 1 unspecified atom stereocenters. The second-order valence-electron chi connectivity index (χ2n) is 4.16. The van der Waals surface area contributed by atoms with Crippen LogP contribution >= 0.6 is 0 Å². The van der Waals surface area contributed by atoms with E-state index in [9.17, 15) is 4.79 Å². The Balaban J connectivity index is 1.88. The Kier molecular flexibility index (Phi) is 3.51. The number of aromatic nitrogens is 3. The zero-order valence-electron chi connectivity index (χ0n) is 9.22. The van der Waals surface area contributed by atoms with Crippen molar-refractivity contribution in [1.82, 2.24) is 20.3 Å². The maximum Gasteiger partial charge on any atom is 0.239 e. The minimum Gasteiger partial charge on any atom is -0.341 e. The van der Waals surface area contributed by atoms with Gasteiger partial charge >= 0.3 is 0 Å². The van der Waals surface area contributed by atoms with Crippen LogP contribution in [0.2, 0.25) is 0 Å². The van der Waals surface area contributed by atoms with E-state index in [0.717, 1.165) is 31.6 Å². The molecule has 1 amide bonds. The quantitative estimate of drug-likeness (QED) is 0.735. The Labute approximate surface area is 94.2 Å². The number of nitrogens with two attached hydrogens (primary N) is 1. The highest BCUT2D eigenvalue weighted by molar-refractivity contribution is 5.82. The molecule has 0 aromatic carbocycles. The molecule has 0 spiro atoms. The molecule has 3 N–H and O–H groups in total. The Morgan fingerprint density at radius 3 is 2.88 bits per heavy atom. The monoisotopic (exact) mass is 223 g/mol. The number of H-pyrrole nitrogens is 1. The number of piperidine rings is 1. The highest BCUT2D eigenvalue weighted by Crippen LogP contribution is 2.10. The van der Waals surface area contributed by atoms with E-state index in [1.165, 1.54) is 6.42 Å². The molecule has 6 nitrogen and oxygen atoms in total. The number of hydrogen-bond donors (Lipinski definition) is 2. The summed E-state index contributed by atoms with van der Waals surface area (Å²) in [5.41, 5.74) is 6.60. The van der Waals surface area contributed by atoms with Gasteiger partial charge in [0.1, 0.15) is 0 Å². The molecule has 1 saturated heterocycles. The fourth-order valence-corrected chi connectivity index (χ4v) is 1.99. The lowest BCUT2D eigenvalue weighted by Crippen LogP contribution is -2.46. The molecule has 1 aliphatic heterocycles. The van der Waals surface area contributed by atoms with Crippen LogP contribution < -0.4 is 5.73 Å². The largest absolute Gasteiger partial charge is 0.341 e. The van der Waals surface area contributed by atoms with E-state index in [4.69, 9.17) is 5.73 Å². The van der Waals surface area contributed by atoms with Crippen molar-refractivity contribution in [2.45, 2.75) is 31.7 Å². The molecule has 0 radical (unpaired) electrons. The summed E-state index contributed by atoms with van der Waals surface area (Å²) in [5.74, 6) is 0.0303. The first-order valence-corrected chi connectivity index (χ1v) is 5.66. The number of amides is 1. The number of likely N-dealkylation sites (tertiary alicyclic amines) is 1. The van der Waals surface area contributed by atoms with Crippen LogP contribution in [0, 0.1) is 0 Å². The predicted octanol–water partition coefficient (Wildman–Crippen LogP) is -0.313. The van der Waals surface area contributed by atoms with Gasteiger partial charge in [-0.05, 0) is 19.3 Å². The number of nitrogens with zero attached hydrogens (tertiary/aromatic N) is 3. The molecule has 1 aromatic rings. The third kappa shape index (κ3) is 2.57. The van der Waals surface area contributed by atoms with Gasteiger partial charge in [0, 0.05) is 19.5 Å². The molecule has 0 bridgehead atoms. The third-order valence-electron chi connectivity index (χ3n) is 2.88. The summed E-state index contributed by atoms with van der Waals surface area (Å²) in [6.45, 7) is 1.68. The van der Waals surface area contributed by atoms with Crippen LogP contribution in [0.3, 0.4) is 0 Å². The molecule has 1 atom stereocenters. The predicted molar refractivity (Wildman–Crippen MR) is 58.5 cm³/mol. The van der Waals surface area contributed by atoms with Gasteiger partial charge in [0.2, 0.25) is 5.91 Å². The Morgan fingerprint density at radius 2 is 2.25 bits per heavy atom. The molecule has 0 saturated carbocycles.